The van der Waals surface area contributed by atoms with Crippen LogP contribution in [0, 0.1) is 0 Å². The molecule has 2 aromatic carbocycles. The predicted molar refractivity (Wildman–Crippen MR) is 126 cm³/mol. The van der Waals surface area contributed by atoms with Crippen LogP contribution in [0.4, 0.5) is 11.4 Å². The van der Waals surface area contributed by atoms with Gasteiger partial charge in [-0.15, -0.1) is 10.2 Å². The van der Waals surface area contributed by atoms with Gasteiger partial charge in [0.15, 0.2) is 5.16 Å². The van der Waals surface area contributed by atoms with Gasteiger partial charge in [0.1, 0.15) is 11.6 Å². The number of carbonyl (C=O) groups excluding carboxylic acids is 2. The summed E-state index contributed by atoms with van der Waals surface area (Å²) < 4.78 is 7.23. The number of ether oxygens (including phenoxy) is 1. The van der Waals surface area contributed by atoms with Gasteiger partial charge in [-0.05, 0) is 62.4 Å². The van der Waals surface area contributed by atoms with Gasteiger partial charge >= 0.3 is 0 Å². The summed E-state index contributed by atoms with van der Waals surface area (Å²) in [6.45, 7) is 5.03. The van der Waals surface area contributed by atoms with E-state index >= 15 is 0 Å². The highest BCUT2D eigenvalue weighted by molar-refractivity contribution is 7.99. The molecular weight excluding hydrogens is 450 g/mol. The molecule has 0 spiro atoms. The van der Waals surface area contributed by atoms with Crippen molar-refractivity contribution in [3.05, 3.63) is 59.4 Å². The number of halogens is 1. The third-order valence-corrected chi connectivity index (χ3v) is 5.56. The lowest BCUT2D eigenvalue weighted by Gasteiger charge is -2.09. The van der Waals surface area contributed by atoms with E-state index in [9.17, 15) is 9.59 Å². The first-order chi connectivity index (χ1) is 15.5. The van der Waals surface area contributed by atoms with Crippen LogP contribution in [0.3, 0.4) is 0 Å². The number of thioether (sulfide) groups is 1. The Morgan fingerprint density at radius 1 is 0.969 bits per heavy atom. The number of benzene rings is 2. The maximum absolute atomic E-state index is 12.4. The number of nitrogens with one attached hydrogen (secondary N) is 2. The minimum atomic E-state index is -0.209. The molecule has 0 aliphatic heterocycles. The molecule has 0 aliphatic carbocycles. The van der Waals surface area contributed by atoms with Crippen LogP contribution < -0.4 is 15.4 Å². The van der Waals surface area contributed by atoms with Crippen LogP contribution in [0.25, 0.3) is 0 Å². The van der Waals surface area contributed by atoms with Gasteiger partial charge in [0, 0.05) is 22.9 Å². The molecule has 8 nitrogen and oxygen atoms in total. The Labute approximate surface area is 195 Å². The van der Waals surface area contributed by atoms with Gasteiger partial charge in [0.05, 0.1) is 18.8 Å². The minimum absolute atomic E-state index is 0.0718. The number of amides is 2. The van der Waals surface area contributed by atoms with Crippen molar-refractivity contribution in [1.82, 2.24) is 14.8 Å². The fourth-order valence-electron chi connectivity index (χ4n) is 2.88. The molecule has 10 heteroatoms. The Morgan fingerprint density at radius 3 is 2.22 bits per heavy atom. The topological polar surface area (TPSA) is 98.1 Å². The van der Waals surface area contributed by atoms with Crippen LogP contribution >= 0.6 is 23.4 Å². The number of hydrogen-bond acceptors (Lipinski definition) is 6. The van der Waals surface area contributed by atoms with E-state index in [1.54, 1.807) is 48.5 Å². The maximum Gasteiger partial charge on any atom is 0.234 e. The first kappa shape index (κ1) is 23.6. The van der Waals surface area contributed by atoms with Crippen molar-refractivity contribution in [3.63, 3.8) is 0 Å². The molecule has 0 unspecified atom stereocenters. The SMILES string of the molecule is CCOc1ccc(NC(=O)CSc2nnc(CC(=O)Nc3ccc(Cl)cc3)n2CC)cc1. The second-order valence-corrected chi connectivity index (χ2v) is 8.05. The monoisotopic (exact) mass is 473 g/mol. The number of rotatable bonds is 10. The summed E-state index contributed by atoms with van der Waals surface area (Å²) in [5, 5.41) is 15.1. The molecule has 0 aliphatic rings. The molecule has 0 radical (unpaired) electrons. The van der Waals surface area contributed by atoms with Gasteiger partial charge in [0.2, 0.25) is 11.8 Å². The van der Waals surface area contributed by atoms with E-state index in [-0.39, 0.29) is 24.0 Å². The Bertz CT molecular complexity index is 1050. The Hall–Kier alpha value is -3.04. The number of anilines is 2. The molecule has 1 aromatic heterocycles. The highest BCUT2D eigenvalue weighted by atomic mass is 35.5. The summed E-state index contributed by atoms with van der Waals surface area (Å²) in [5.41, 5.74) is 1.35. The fourth-order valence-corrected chi connectivity index (χ4v) is 3.83. The van der Waals surface area contributed by atoms with E-state index < -0.39 is 0 Å². The van der Waals surface area contributed by atoms with Crippen LogP contribution in [0.15, 0.2) is 53.7 Å². The smallest absolute Gasteiger partial charge is 0.234 e. The molecular formula is C22H24ClN5O3S. The standard InChI is InChI=1S/C22H24ClN5O3S/c1-3-28-19(13-20(29)24-16-7-5-15(23)6-8-16)26-27-22(28)32-14-21(30)25-17-9-11-18(12-10-17)31-4-2/h5-12H,3-4,13-14H2,1-2H3,(H,24,29)(H,25,30). The number of carbonyl (C=O) groups is 2. The average molecular weight is 474 g/mol. The van der Waals surface area contributed by atoms with Crippen molar-refractivity contribution >= 4 is 46.6 Å². The highest BCUT2D eigenvalue weighted by Gasteiger charge is 2.16. The van der Waals surface area contributed by atoms with Gasteiger partial charge in [0.25, 0.3) is 0 Å². The summed E-state index contributed by atoms with van der Waals surface area (Å²) in [7, 11) is 0. The van der Waals surface area contributed by atoms with Crippen molar-refractivity contribution in [2.24, 2.45) is 0 Å². The average Bonchev–Trinajstić information content (AvgIpc) is 3.16. The zero-order chi connectivity index (χ0) is 22.9. The van der Waals surface area contributed by atoms with Gasteiger partial charge in [-0.3, -0.25) is 9.59 Å². The summed E-state index contributed by atoms with van der Waals surface area (Å²) in [5.74, 6) is 1.09. The first-order valence-corrected chi connectivity index (χ1v) is 11.5. The van der Waals surface area contributed by atoms with Crippen molar-refractivity contribution in [3.8, 4) is 5.75 Å². The van der Waals surface area contributed by atoms with Crippen molar-refractivity contribution in [2.75, 3.05) is 23.0 Å². The molecule has 0 saturated heterocycles. The third kappa shape index (κ3) is 6.73. The molecule has 0 bridgehead atoms. The maximum atomic E-state index is 12.4. The van der Waals surface area contributed by atoms with Crippen molar-refractivity contribution < 1.29 is 14.3 Å². The van der Waals surface area contributed by atoms with Gasteiger partial charge in [-0.2, -0.15) is 0 Å². The Morgan fingerprint density at radius 2 is 1.59 bits per heavy atom. The van der Waals surface area contributed by atoms with Gasteiger partial charge in [-0.25, -0.2) is 0 Å². The van der Waals surface area contributed by atoms with E-state index in [1.807, 2.05) is 18.4 Å². The molecule has 168 valence electrons. The lowest BCUT2D eigenvalue weighted by molar-refractivity contribution is -0.116. The lowest BCUT2D eigenvalue weighted by atomic mass is 10.3. The van der Waals surface area contributed by atoms with E-state index in [1.165, 1.54) is 11.8 Å². The normalized spacial score (nSPS) is 10.6. The molecule has 1 heterocycles. The fraction of sp³-hybridized carbons (Fsp3) is 0.273. The van der Waals surface area contributed by atoms with Crippen LogP contribution in [0.1, 0.15) is 19.7 Å². The molecule has 0 fully saturated rings. The second-order valence-electron chi connectivity index (χ2n) is 6.67. The van der Waals surface area contributed by atoms with Gasteiger partial charge in [-0.1, -0.05) is 23.4 Å². The van der Waals surface area contributed by atoms with Crippen LogP contribution in [-0.2, 0) is 22.6 Å². The van der Waals surface area contributed by atoms with Crippen molar-refractivity contribution in [1.29, 1.82) is 0 Å². The first-order valence-electron chi connectivity index (χ1n) is 10.1. The van der Waals surface area contributed by atoms with E-state index in [0.29, 0.717) is 40.5 Å². The molecule has 0 saturated carbocycles. The lowest BCUT2D eigenvalue weighted by Crippen LogP contribution is -2.18. The molecule has 2 N–H and O–H groups in total. The Kier molecular flexibility index (Phi) is 8.52. The number of nitrogens with zero attached hydrogens (tertiary/aromatic N) is 3. The van der Waals surface area contributed by atoms with Gasteiger partial charge < -0.3 is 19.9 Å². The van der Waals surface area contributed by atoms with E-state index in [0.717, 1.165) is 5.75 Å². The summed E-state index contributed by atoms with van der Waals surface area (Å²) in [6.07, 6.45) is 0.0718. The summed E-state index contributed by atoms with van der Waals surface area (Å²) in [4.78, 5) is 24.7. The molecule has 2 amide bonds. The molecule has 3 rings (SSSR count). The largest absolute Gasteiger partial charge is 0.494 e. The quantitative estimate of drug-likeness (QED) is 0.427. The molecule has 3 aromatic rings. The van der Waals surface area contributed by atoms with Crippen LogP contribution in [0.2, 0.25) is 5.02 Å². The zero-order valence-electron chi connectivity index (χ0n) is 17.8. The summed E-state index contributed by atoms with van der Waals surface area (Å²) in [6, 6.07) is 14.1. The van der Waals surface area contributed by atoms with E-state index in [4.69, 9.17) is 16.3 Å². The number of aromatic nitrogens is 3. The highest BCUT2D eigenvalue weighted by Crippen LogP contribution is 2.20. The molecule has 0 atom stereocenters. The molecule has 32 heavy (non-hydrogen) atoms. The predicted octanol–water partition coefficient (Wildman–Crippen LogP) is 4.26. The van der Waals surface area contributed by atoms with Crippen LogP contribution in [0.5, 0.6) is 5.75 Å². The zero-order valence-corrected chi connectivity index (χ0v) is 19.4. The Balaban J connectivity index is 1.54. The number of hydrogen-bond donors (Lipinski definition) is 2. The van der Waals surface area contributed by atoms with Crippen LogP contribution in [-0.4, -0.2) is 38.9 Å². The van der Waals surface area contributed by atoms with E-state index in [2.05, 4.69) is 20.8 Å². The second kappa shape index (κ2) is 11.5. The minimum Gasteiger partial charge on any atom is -0.494 e. The van der Waals surface area contributed by atoms with Crippen molar-refractivity contribution in [2.45, 2.75) is 32.0 Å². The third-order valence-electron chi connectivity index (χ3n) is 4.34. The summed E-state index contributed by atoms with van der Waals surface area (Å²) >= 11 is 7.14.